The molecule has 2 rings (SSSR count). The van der Waals surface area contributed by atoms with Crippen LogP contribution < -0.4 is 0 Å². The molecule has 2 aromatic rings. The van der Waals surface area contributed by atoms with Crippen molar-refractivity contribution in [1.82, 2.24) is 20.2 Å². The first kappa shape index (κ1) is 14.2. The van der Waals surface area contributed by atoms with Gasteiger partial charge in [-0.05, 0) is 28.8 Å². The molecule has 0 aliphatic rings. The molecule has 0 aliphatic carbocycles. The van der Waals surface area contributed by atoms with Gasteiger partial charge in [0.15, 0.2) is 5.82 Å². The molecule has 5 heteroatoms. The molecule has 104 valence electrons. The van der Waals surface area contributed by atoms with E-state index in [9.17, 15) is 0 Å². The monoisotopic (exact) mass is 269 g/mol. The van der Waals surface area contributed by atoms with Crippen LogP contribution >= 0.6 is 0 Å². The predicted molar refractivity (Wildman–Crippen MR) is 75.8 cm³/mol. The van der Waals surface area contributed by atoms with Crippen LogP contribution in [0.1, 0.15) is 38.1 Å². The van der Waals surface area contributed by atoms with Gasteiger partial charge in [-0.2, -0.15) is 5.26 Å². The number of hydrogen-bond donors (Lipinski definition) is 0. The zero-order chi connectivity index (χ0) is 14.4. The second kappa shape index (κ2) is 6.29. The third-order valence-corrected chi connectivity index (χ3v) is 3.28. The smallest absolute Gasteiger partial charge is 0.157 e. The SMILES string of the molecule is CC(C)(Cc1ccccc1)c1nnnn1CCCC#N. The molecule has 0 spiro atoms. The molecule has 1 aromatic carbocycles. The van der Waals surface area contributed by atoms with Gasteiger partial charge in [-0.15, -0.1) is 5.10 Å². The van der Waals surface area contributed by atoms with Gasteiger partial charge in [0.05, 0.1) is 6.07 Å². The minimum atomic E-state index is -0.141. The second-order valence-corrected chi connectivity index (χ2v) is 5.53. The van der Waals surface area contributed by atoms with E-state index in [0.717, 1.165) is 18.7 Å². The summed E-state index contributed by atoms with van der Waals surface area (Å²) in [5, 5.41) is 20.6. The van der Waals surface area contributed by atoms with Gasteiger partial charge in [0, 0.05) is 18.4 Å². The van der Waals surface area contributed by atoms with Gasteiger partial charge in [0.2, 0.25) is 0 Å². The quantitative estimate of drug-likeness (QED) is 0.756. The van der Waals surface area contributed by atoms with Gasteiger partial charge in [0.25, 0.3) is 0 Å². The van der Waals surface area contributed by atoms with Crippen molar-refractivity contribution in [1.29, 1.82) is 5.26 Å². The second-order valence-electron chi connectivity index (χ2n) is 5.53. The zero-order valence-corrected chi connectivity index (χ0v) is 12.0. The molecule has 5 nitrogen and oxygen atoms in total. The van der Waals surface area contributed by atoms with Gasteiger partial charge < -0.3 is 0 Å². The molecule has 0 atom stereocenters. The standard InChI is InChI=1S/C15H19N5/c1-15(2,12-13-8-4-3-5-9-13)14-17-18-19-20(14)11-7-6-10-16/h3-5,8-9H,6-7,11-12H2,1-2H3. The van der Waals surface area contributed by atoms with Crippen molar-refractivity contribution in [2.45, 2.75) is 45.1 Å². The van der Waals surface area contributed by atoms with Crippen molar-refractivity contribution in [3.8, 4) is 6.07 Å². The Balaban J connectivity index is 2.13. The number of benzene rings is 1. The fraction of sp³-hybridized carbons (Fsp3) is 0.467. The Kier molecular flexibility index (Phi) is 4.46. The number of nitrogens with zero attached hydrogens (tertiary/aromatic N) is 5. The van der Waals surface area contributed by atoms with Gasteiger partial charge in [-0.3, -0.25) is 0 Å². The third kappa shape index (κ3) is 3.41. The summed E-state index contributed by atoms with van der Waals surface area (Å²) in [4.78, 5) is 0. The largest absolute Gasteiger partial charge is 0.229 e. The number of rotatable bonds is 6. The van der Waals surface area contributed by atoms with Gasteiger partial charge >= 0.3 is 0 Å². The Morgan fingerprint density at radius 2 is 2.00 bits per heavy atom. The highest BCUT2D eigenvalue weighted by Gasteiger charge is 2.27. The van der Waals surface area contributed by atoms with Crippen LogP contribution in [0.25, 0.3) is 0 Å². The van der Waals surface area contributed by atoms with E-state index < -0.39 is 0 Å². The van der Waals surface area contributed by atoms with Crippen LogP contribution in [0.2, 0.25) is 0 Å². The summed E-state index contributed by atoms with van der Waals surface area (Å²) in [5.41, 5.74) is 1.13. The van der Waals surface area contributed by atoms with E-state index in [4.69, 9.17) is 5.26 Å². The first-order valence-corrected chi connectivity index (χ1v) is 6.81. The highest BCUT2D eigenvalue weighted by Crippen LogP contribution is 2.25. The summed E-state index contributed by atoms with van der Waals surface area (Å²) in [6.07, 6.45) is 2.18. The van der Waals surface area contributed by atoms with Crippen LogP contribution in [-0.2, 0) is 18.4 Å². The highest BCUT2D eigenvalue weighted by molar-refractivity contribution is 5.19. The van der Waals surface area contributed by atoms with E-state index in [1.807, 2.05) is 22.9 Å². The molecule has 0 bridgehead atoms. The lowest BCUT2D eigenvalue weighted by Crippen LogP contribution is -2.26. The summed E-state index contributed by atoms with van der Waals surface area (Å²) in [6.45, 7) is 4.98. The average molecular weight is 269 g/mol. The van der Waals surface area contributed by atoms with Crippen LogP contribution in [0.5, 0.6) is 0 Å². The van der Waals surface area contributed by atoms with Crippen molar-refractivity contribution in [2.75, 3.05) is 0 Å². The van der Waals surface area contributed by atoms with Crippen molar-refractivity contribution < 1.29 is 0 Å². The maximum Gasteiger partial charge on any atom is 0.157 e. The van der Waals surface area contributed by atoms with E-state index in [1.54, 1.807) is 0 Å². The number of unbranched alkanes of at least 4 members (excludes halogenated alkanes) is 1. The summed E-state index contributed by atoms with van der Waals surface area (Å²) >= 11 is 0. The maximum absolute atomic E-state index is 8.61. The Morgan fingerprint density at radius 3 is 2.70 bits per heavy atom. The molecule has 20 heavy (non-hydrogen) atoms. The van der Waals surface area contributed by atoms with Crippen LogP contribution in [0, 0.1) is 11.3 Å². The van der Waals surface area contributed by atoms with E-state index in [0.29, 0.717) is 13.0 Å². The van der Waals surface area contributed by atoms with Gasteiger partial charge in [-0.1, -0.05) is 44.2 Å². The fourth-order valence-electron chi connectivity index (χ4n) is 2.33. The van der Waals surface area contributed by atoms with Crippen molar-refractivity contribution in [3.63, 3.8) is 0 Å². The Hall–Kier alpha value is -2.22. The molecule has 1 aromatic heterocycles. The highest BCUT2D eigenvalue weighted by atomic mass is 15.5. The number of aryl methyl sites for hydroxylation is 1. The Morgan fingerprint density at radius 1 is 1.25 bits per heavy atom. The predicted octanol–water partition coefficient (Wildman–Crippen LogP) is 2.50. The maximum atomic E-state index is 8.61. The van der Waals surface area contributed by atoms with Gasteiger partial charge in [-0.25, -0.2) is 4.68 Å². The lowest BCUT2D eigenvalue weighted by molar-refractivity contribution is 0.431. The normalized spacial score (nSPS) is 11.2. The van der Waals surface area contributed by atoms with Crippen LogP contribution in [-0.4, -0.2) is 20.2 Å². The average Bonchev–Trinajstić information content (AvgIpc) is 2.89. The summed E-state index contributed by atoms with van der Waals surface area (Å²) < 4.78 is 1.82. The van der Waals surface area contributed by atoms with Crippen LogP contribution in [0.15, 0.2) is 30.3 Å². The molecule has 0 saturated heterocycles. The molecule has 0 aliphatic heterocycles. The van der Waals surface area contributed by atoms with Crippen molar-refractivity contribution >= 4 is 0 Å². The Bertz CT molecular complexity index is 580. The molecule has 0 N–H and O–H groups in total. The Labute approximate surface area is 119 Å². The number of tetrazole rings is 1. The van der Waals surface area contributed by atoms with Crippen molar-refractivity contribution in [2.24, 2.45) is 0 Å². The van der Waals surface area contributed by atoms with Crippen molar-refractivity contribution in [3.05, 3.63) is 41.7 Å². The summed E-state index contributed by atoms with van der Waals surface area (Å²) in [5.74, 6) is 0.874. The molecule has 0 amide bonds. The summed E-state index contributed by atoms with van der Waals surface area (Å²) in [6, 6.07) is 12.5. The zero-order valence-electron chi connectivity index (χ0n) is 12.0. The number of aromatic nitrogens is 4. The van der Waals surface area contributed by atoms with E-state index in [-0.39, 0.29) is 5.41 Å². The first-order valence-electron chi connectivity index (χ1n) is 6.81. The molecule has 1 heterocycles. The van der Waals surface area contributed by atoms with E-state index in [2.05, 4.69) is 47.6 Å². The lowest BCUT2D eigenvalue weighted by atomic mass is 9.85. The minimum Gasteiger partial charge on any atom is -0.229 e. The lowest BCUT2D eigenvalue weighted by Gasteiger charge is -2.23. The van der Waals surface area contributed by atoms with Crippen LogP contribution in [0.3, 0.4) is 0 Å². The minimum absolute atomic E-state index is 0.141. The molecule has 0 saturated carbocycles. The molecule has 0 fully saturated rings. The summed E-state index contributed by atoms with van der Waals surface area (Å²) in [7, 11) is 0. The third-order valence-electron chi connectivity index (χ3n) is 3.28. The first-order chi connectivity index (χ1) is 9.63. The molecule has 0 radical (unpaired) electrons. The molecule has 0 unspecified atom stereocenters. The van der Waals surface area contributed by atoms with E-state index >= 15 is 0 Å². The van der Waals surface area contributed by atoms with E-state index in [1.165, 1.54) is 5.56 Å². The number of nitriles is 1. The van der Waals surface area contributed by atoms with Crippen LogP contribution in [0.4, 0.5) is 0 Å². The topological polar surface area (TPSA) is 67.4 Å². The molecular formula is C15H19N5. The van der Waals surface area contributed by atoms with Gasteiger partial charge in [0.1, 0.15) is 0 Å². The fourth-order valence-corrected chi connectivity index (χ4v) is 2.33. The number of hydrogen-bond acceptors (Lipinski definition) is 4. The molecular weight excluding hydrogens is 250 g/mol.